The van der Waals surface area contributed by atoms with Crippen molar-refractivity contribution in [2.45, 2.75) is 225 Å². The van der Waals surface area contributed by atoms with E-state index in [2.05, 4.69) is 88.4 Å². The molecule has 0 saturated carbocycles. The number of allylic oxidation sites excluding steroid dienone is 8. The first kappa shape index (κ1) is 45.9. The van der Waals surface area contributed by atoms with Gasteiger partial charge in [-0.3, -0.25) is 0 Å². The maximum atomic E-state index is 6.88. The smallest absolute Gasteiger partial charge is 0.0854 e. The van der Waals surface area contributed by atoms with E-state index in [0.717, 1.165) is 38.6 Å². The maximum absolute atomic E-state index is 6.88. The van der Waals surface area contributed by atoms with Gasteiger partial charge in [0.05, 0.1) is 24.4 Å². The second-order valence-corrected chi connectivity index (χ2v) is 15.2. The molecule has 1 heterocycles. The van der Waals surface area contributed by atoms with E-state index in [-0.39, 0.29) is 24.4 Å². The number of unbranched alkanes of at least 4 members (excludes halogenated alkanes) is 18. The van der Waals surface area contributed by atoms with Crippen molar-refractivity contribution < 1.29 is 9.47 Å². The predicted molar refractivity (Wildman–Crippen MR) is 219 cm³/mol. The topological polar surface area (TPSA) is 21.7 Å². The lowest BCUT2D eigenvalue weighted by atomic mass is 9.95. The van der Waals surface area contributed by atoms with Crippen LogP contribution in [0.3, 0.4) is 0 Å². The molecule has 0 radical (unpaired) electrons. The van der Waals surface area contributed by atoms with Gasteiger partial charge in [-0.1, -0.05) is 159 Å². The summed E-state index contributed by atoms with van der Waals surface area (Å²) in [6.45, 7) is 7.89. The average Bonchev–Trinajstić information content (AvgIpc) is 3.10. The molecule has 1 aliphatic rings. The van der Waals surface area contributed by atoms with Crippen LogP contribution in [-0.2, 0) is 9.47 Å². The lowest BCUT2D eigenvalue weighted by Gasteiger charge is -2.42. The molecule has 49 heavy (non-hydrogen) atoms. The first-order chi connectivity index (χ1) is 24.1. The Morgan fingerprint density at radius 1 is 0.388 bits per heavy atom. The van der Waals surface area contributed by atoms with Gasteiger partial charge in [0.1, 0.15) is 0 Å². The Hall–Kier alpha value is -1.16. The standard InChI is InChI=1S/C46H85NO2/c1-6-9-11-13-15-17-19-21-23-25-27-29-31-33-35-37-39-44-45(49-46(41-42-47(4)5)43(8-3)48-44)40-38-36-34-32-30-28-26-24-22-20-18-16-14-12-10-7-2/h15-18,21-24,43-46H,6-14,19-20,25-42H2,1-5H3/b17-15-,18-16-,23-21-,24-22-. The molecule has 4 atom stereocenters. The summed E-state index contributed by atoms with van der Waals surface area (Å²) in [4.78, 5) is 2.28. The fraction of sp³-hybridized carbons (Fsp3) is 0.826. The molecule has 0 aromatic heterocycles. The van der Waals surface area contributed by atoms with E-state index >= 15 is 0 Å². The number of ether oxygens (including phenoxy) is 2. The van der Waals surface area contributed by atoms with Crippen LogP contribution in [0.5, 0.6) is 0 Å². The number of rotatable bonds is 34. The fourth-order valence-corrected chi connectivity index (χ4v) is 6.97. The van der Waals surface area contributed by atoms with Gasteiger partial charge in [0.15, 0.2) is 0 Å². The fourth-order valence-electron chi connectivity index (χ4n) is 6.97. The monoisotopic (exact) mass is 684 g/mol. The Morgan fingerprint density at radius 3 is 1.12 bits per heavy atom. The van der Waals surface area contributed by atoms with Gasteiger partial charge < -0.3 is 14.4 Å². The van der Waals surface area contributed by atoms with Crippen LogP contribution in [0.15, 0.2) is 48.6 Å². The lowest BCUT2D eigenvalue weighted by Crippen LogP contribution is -2.49. The van der Waals surface area contributed by atoms with E-state index in [0.29, 0.717) is 0 Å². The summed E-state index contributed by atoms with van der Waals surface area (Å²) >= 11 is 0. The summed E-state index contributed by atoms with van der Waals surface area (Å²) in [5, 5.41) is 0. The van der Waals surface area contributed by atoms with Gasteiger partial charge >= 0.3 is 0 Å². The molecule has 1 aliphatic heterocycles. The zero-order valence-corrected chi connectivity index (χ0v) is 33.7. The largest absolute Gasteiger partial charge is 0.370 e. The van der Waals surface area contributed by atoms with Crippen LogP contribution in [0, 0.1) is 0 Å². The predicted octanol–water partition coefficient (Wildman–Crippen LogP) is 14.3. The van der Waals surface area contributed by atoms with Crippen LogP contribution in [0.25, 0.3) is 0 Å². The van der Waals surface area contributed by atoms with Crippen molar-refractivity contribution in [3.8, 4) is 0 Å². The van der Waals surface area contributed by atoms with Gasteiger partial charge in [-0.2, -0.15) is 0 Å². The average molecular weight is 684 g/mol. The summed E-state index contributed by atoms with van der Waals surface area (Å²) in [6, 6.07) is 0. The Morgan fingerprint density at radius 2 is 0.735 bits per heavy atom. The first-order valence-corrected chi connectivity index (χ1v) is 21.7. The van der Waals surface area contributed by atoms with Crippen LogP contribution < -0.4 is 0 Å². The van der Waals surface area contributed by atoms with E-state index in [9.17, 15) is 0 Å². The molecule has 0 bridgehead atoms. The molecule has 0 aliphatic carbocycles. The maximum Gasteiger partial charge on any atom is 0.0854 e. The Labute approximate surface area is 307 Å². The van der Waals surface area contributed by atoms with E-state index in [1.807, 2.05) is 0 Å². The molecular weight excluding hydrogens is 599 g/mol. The molecule has 286 valence electrons. The van der Waals surface area contributed by atoms with Gasteiger partial charge in [0.2, 0.25) is 0 Å². The third-order valence-electron chi connectivity index (χ3n) is 10.2. The van der Waals surface area contributed by atoms with Crippen LogP contribution in [0.1, 0.15) is 201 Å². The molecular formula is C46H85NO2. The van der Waals surface area contributed by atoms with Crippen molar-refractivity contribution in [2.75, 3.05) is 20.6 Å². The van der Waals surface area contributed by atoms with Crippen molar-refractivity contribution in [1.29, 1.82) is 0 Å². The molecule has 1 rings (SSSR count). The molecule has 4 unspecified atom stereocenters. The lowest BCUT2D eigenvalue weighted by molar-refractivity contribution is -0.226. The highest BCUT2D eigenvalue weighted by Crippen LogP contribution is 2.31. The Bertz CT molecular complexity index is 799. The molecule has 1 saturated heterocycles. The quantitative estimate of drug-likeness (QED) is 0.0498. The van der Waals surface area contributed by atoms with E-state index in [1.165, 1.54) is 148 Å². The van der Waals surface area contributed by atoms with Crippen molar-refractivity contribution in [2.24, 2.45) is 0 Å². The minimum atomic E-state index is 0.245. The first-order valence-electron chi connectivity index (χ1n) is 21.7. The van der Waals surface area contributed by atoms with Gasteiger partial charge in [0.25, 0.3) is 0 Å². The Balaban J connectivity index is 2.26. The summed E-state index contributed by atoms with van der Waals surface area (Å²) < 4.78 is 13.7. The second-order valence-electron chi connectivity index (χ2n) is 15.2. The zero-order chi connectivity index (χ0) is 35.5. The molecule has 3 heteroatoms. The molecule has 3 nitrogen and oxygen atoms in total. The molecule has 0 N–H and O–H groups in total. The van der Waals surface area contributed by atoms with Gasteiger partial charge in [0, 0.05) is 6.54 Å². The number of nitrogens with zero attached hydrogens (tertiary/aromatic N) is 1. The SMILES string of the molecule is CCCCC/C=C\C/C=C\CCCCCCCCC1OC(CC)C(CCN(C)C)OC1CCCCCCCC/C=C\C/C=C\CCCCC. The van der Waals surface area contributed by atoms with Gasteiger partial charge in [-0.05, 0) is 104 Å². The molecule has 0 aromatic rings. The van der Waals surface area contributed by atoms with E-state index in [1.54, 1.807) is 0 Å². The minimum absolute atomic E-state index is 0.245. The third kappa shape index (κ3) is 28.2. The molecule has 1 fully saturated rings. The van der Waals surface area contributed by atoms with Crippen LogP contribution >= 0.6 is 0 Å². The summed E-state index contributed by atoms with van der Waals surface area (Å²) in [5.41, 5.74) is 0. The van der Waals surface area contributed by atoms with Crippen molar-refractivity contribution in [3.05, 3.63) is 48.6 Å². The van der Waals surface area contributed by atoms with Gasteiger partial charge in [-0.25, -0.2) is 0 Å². The third-order valence-corrected chi connectivity index (χ3v) is 10.2. The minimum Gasteiger partial charge on any atom is -0.370 e. The van der Waals surface area contributed by atoms with Crippen molar-refractivity contribution in [3.63, 3.8) is 0 Å². The molecule has 0 spiro atoms. The van der Waals surface area contributed by atoms with Crippen LogP contribution in [0.4, 0.5) is 0 Å². The second kappa shape index (κ2) is 35.3. The van der Waals surface area contributed by atoms with Crippen molar-refractivity contribution >= 4 is 0 Å². The van der Waals surface area contributed by atoms with Crippen molar-refractivity contribution in [1.82, 2.24) is 4.90 Å². The highest BCUT2D eigenvalue weighted by Gasteiger charge is 2.37. The highest BCUT2D eigenvalue weighted by atomic mass is 16.6. The summed E-state index contributed by atoms with van der Waals surface area (Å²) in [5.74, 6) is 0. The summed E-state index contributed by atoms with van der Waals surface area (Å²) in [7, 11) is 4.33. The Kier molecular flexibility index (Phi) is 33.0. The number of hydrogen-bond donors (Lipinski definition) is 0. The van der Waals surface area contributed by atoms with E-state index in [4.69, 9.17) is 9.47 Å². The van der Waals surface area contributed by atoms with Gasteiger partial charge in [-0.15, -0.1) is 0 Å². The van der Waals surface area contributed by atoms with Crippen LogP contribution in [0.2, 0.25) is 0 Å². The summed E-state index contributed by atoms with van der Waals surface area (Å²) in [6.07, 6.45) is 55.6. The van der Waals surface area contributed by atoms with E-state index < -0.39 is 0 Å². The molecule has 0 amide bonds. The van der Waals surface area contributed by atoms with Crippen LogP contribution in [-0.4, -0.2) is 50.0 Å². The zero-order valence-electron chi connectivity index (χ0n) is 33.7. The normalized spacial score (nSPS) is 20.4. The molecule has 0 aromatic carbocycles. The highest BCUT2D eigenvalue weighted by molar-refractivity contribution is 4.93. The number of hydrogen-bond acceptors (Lipinski definition) is 3.